The van der Waals surface area contributed by atoms with Crippen molar-refractivity contribution >= 4 is 35.1 Å². The van der Waals surface area contributed by atoms with Crippen LogP contribution in [0.3, 0.4) is 0 Å². The number of carbonyl (C=O) groups excluding carboxylic acids is 4. The minimum absolute atomic E-state index is 0.100. The molecule has 1 aliphatic rings. The van der Waals surface area contributed by atoms with Gasteiger partial charge in [0.05, 0.1) is 12.5 Å². The van der Waals surface area contributed by atoms with Crippen molar-refractivity contribution in [2.45, 2.75) is 27.2 Å². The van der Waals surface area contributed by atoms with Crippen LogP contribution in [0.5, 0.6) is 0 Å². The minimum Gasteiger partial charge on any atom is -0.455 e. The van der Waals surface area contributed by atoms with Gasteiger partial charge in [0.25, 0.3) is 5.91 Å². The van der Waals surface area contributed by atoms with E-state index in [9.17, 15) is 19.2 Å². The predicted octanol–water partition coefficient (Wildman–Crippen LogP) is 1.63. The Morgan fingerprint density at radius 2 is 1.67 bits per heavy atom. The minimum atomic E-state index is -0.407. The lowest BCUT2D eigenvalue weighted by Crippen LogP contribution is -2.40. The Hall–Kier alpha value is -2.90. The second kappa shape index (κ2) is 9.16. The SMILES string of the molecule is CCN(CC(=O)Nc1ccc(NC(C)=O)cc1)C(=O)COC(=O)[C@H]1C[C@@H]1C. The van der Waals surface area contributed by atoms with E-state index in [1.165, 1.54) is 11.8 Å². The van der Waals surface area contributed by atoms with Crippen LogP contribution in [-0.2, 0) is 23.9 Å². The molecule has 146 valence electrons. The van der Waals surface area contributed by atoms with Crippen LogP contribution >= 0.6 is 0 Å². The van der Waals surface area contributed by atoms with Crippen molar-refractivity contribution in [2.24, 2.45) is 11.8 Å². The second-order valence-corrected chi connectivity index (χ2v) is 6.64. The standard InChI is InChI=1S/C19H25N3O5/c1-4-22(18(25)11-27-19(26)16-9-12(16)2)10-17(24)21-15-7-5-14(6-8-15)20-13(3)23/h5-8,12,16H,4,9-11H2,1-3H3,(H,20,23)(H,21,24)/t12-,16-/m0/s1. The van der Waals surface area contributed by atoms with Gasteiger partial charge in [-0.3, -0.25) is 19.2 Å². The van der Waals surface area contributed by atoms with Gasteiger partial charge in [0.15, 0.2) is 6.61 Å². The van der Waals surface area contributed by atoms with Crippen LogP contribution in [0, 0.1) is 11.8 Å². The van der Waals surface area contributed by atoms with Crippen LogP contribution in [0.4, 0.5) is 11.4 Å². The molecule has 0 saturated heterocycles. The van der Waals surface area contributed by atoms with E-state index in [1.807, 2.05) is 6.92 Å². The van der Waals surface area contributed by atoms with E-state index < -0.39 is 5.91 Å². The molecule has 1 aromatic carbocycles. The molecular weight excluding hydrogens is 350 g/mol. The third-order valence-electron chi connectivity index (χ3n) is 4.31. The van der Waals surface area contributed by atoms with Crippen molar-refractivity contribution in [1.29, 1.82) is 0 Å². The quantitative estimate of drug-likeness (QED) is 0.672. The topological polar surface area (TPSA) is 105 Å². The summed E-state index contributed by atoms with van der Waals surface area (Å²) in [5.41, 5.74) is 1.17. The number of amides is 3. The average Bonchev–Trinajstić information content (AvgIpc) is 3.35. The van der Waals surface area contributed by atoms with Gasteiger partial charge in [-0.2, -0.15) is 0 Å². The number of nitrogens with one attached hydrogen (secondary N) is 2. The fourth-order valence-corrected chi connectivity index (χ4v) is 2.57. The number of hydrogen-bond acceptors (Lipinski definition) is 5. The number of ether oxygens (including phenoxy) is 1. The highest BCUT2D eigenvalue weighted by molar-refractivity contribution is 5.95. The van der Waals surface area contributed by atoms with Crippen molar-refractivity contribution in [3.63, 3.8) is 0 Å². The first-order valence-corrected chi connectivity index (χ1v) is 8.92. The summed E-state index contributed by atoms with van der Waals surface area (Å²) in [6, 6.07) is 6.63. The van der Waals surface area contributed by atoms with Crippen LogP contribution in [0.25, 0.3) is 0 Å². The molecule has 2 rings (SSSR count). The fraction of sp³-hybridized carbons (Fsp3) is 0.474. The van der Waals surface area contributed by atoms with Crippen molar-refractivity contribution in [1.82, 2.24) is 4.90 Å². The number of benzene rings is 1. The van der Waals surface area contributed by atoms with Gasteiger partial charge in [0.1, 0.15) is 0 Å². The fourth-order valence-electron chi connectivity index (χ4n) is 2.57. The molecule has 0 aliphatic heterocycles. The van der Waals surface area contributed by atoms with Crippen molar-refractivity contribution in [3.8, 4) is 0 Å². The van der Waals surface area contributed by atoms with Gasteiger partial charge in [-0.25, -0.2) is 0 Å². The Kier molecular flexibility index (Phi) is 6.92. The number of rotatable bonds is 8. The first-order valence-electron chi connectivity index (χ1n) is 8.92. The van der Waals surface area contributed by atoms with Gasteiger partial charge >= 0.3 is 5.97 Å². The lowest BCUT2D eigenvalue weighted by Gasteiger charge is -2.20. The molecule has 0 aromatic heterocycles. The zero-order valence-corrected chi connectivity index (χ0v) is 15.8. The van der Waals surface area contributed by atoms with E-state index in [0.29, 0.717) is 23.8 Å². The van der Waals surface area contributed by atoms with Crippen LogP contribution in [0.2, 0.25) is 0 Å². The summed E-state index contributed by atoms with van der Waals surface area (Å²) in [7, 11) is 0. The van der Waals surface area contributed by atoms with Crippen LogP contribution < -0.4 is 10.6 Å². The number of hydrogen-bond donors (Lipinski definition) is 2. The Morgan fingerprint density at radius 1 is 1.11 bits per heavy atom. The summed E-state index contributed by atoms with van der Waals surface area (Å²) < 4.78 is 5.03. The molecular formula is C19H25N3O5. The normalized spacial score (nSPS) is 17.6. The molecule has 3 amide bonds. The molecule has 8 nitrogen and oxygen atoms in total. The molecule has 27 heavy (non-hydrogen) atoms. The number of esters is 1. The summed E-state index contributed by atoms with van der Waals surface area (Å²) in [5, 5.41) is 5.32. The molecule has 0 unspecified atom stereocenters. The predicted molar refractivity (Wildman–Crippen MR) is 99.9 cm³/mol. The maximum Gasteiger partial charge on any atom is 0.309 e. The van der Waals surface area contributed by atoms with Gasteiger partial charge < -0.3 is 20.3 Å². The number of anilines is 2. The first kappa shape index (κ1) is 20.4. The van der Waals surface area contributed by atoms with Crippen LogP contribution in [0.15, 0.2) is 24.3 Å². The van der Waals surface area contributed by atoms with E-state index in [2.05, 4.69) is 10.6 Å². The van der Waals surface area contributed by atoms with Crippen molar-refractivity contribution < 1.29 is 23.9 Å². The van der Waals surface area contributed by atoms with Crippen molar-refractivity contribution in [2.75, 3.05) is 30.3 Å². The third kappa shape index (κ3) is 6.40. The molecule has 2 atom stereocenters. The Labute approximate surface area is 158 Å². The highest BCUT2D eigenvalue weighted by Gasteiger charge is 2.40. The summed E-state index contributed by atoms with van der Waals surface area (Å²) >= 11 is 0. The highest BCUT2D eigenvalue weighted by Crippen LogP contribution is 2.38. The van der Waals surface area contributed by atoms with E-state index in [-0.39, 0.29) is 36.9 Å². The lowest BCUT2D eigenvalue weighted by atomic mass is 10.2. The van der Waals surface area contributed by atoms with Gasteiger partial charge in [-0.1, -0.05) is 6.92 Å². The van der Waals surface area contributed by atoms with Gasteiger partial charge in [-0.05, 0) is 43.5 Å². The van der Waals surface area contributed by atoms with Crippen LogP contribution in [0.1, 0.15) is 27.2 Å². The van der Waals surface area contributed by atoms with E-state index in [1.54, 1.807) is 31.2 Å². The Morgan fingerprint density at radius 3 is 2.15 bits per heavy atom. The highest BCUT2D eigenvalue weighted by atomic mass is 16.5. The van der Waals surface area contributed by atoms with Gasteiger partial charge in [0, 0.05) is 24.8 Å². The summed E-state index contributed by atoms with van der Waals surface area (Å²) in [5.74, 6) is -1.08. The molecule has 0 heterocycles. The number of likely N-dealkylation sites (N-methyl/N-ethyl adjacent to an activating group) is 1. The maximum absolute atomic E-state index is 12.2. The summed E-state index contributed by atoms with van der Waals surface area (Å²) in [6.07, 6.45) is 0.799. The lowest BCUT2D eigenvalue weighted by molar-refractivity contribution is -0.153. The smallest absolute Gasteiger partial charge is 0.309 e. The zero-order valence-electron chi connectivity index (χ0n) is 15.8. The second-order valence-electron chi connectivity index (χ2n) is 6.64. The van der Waals surface area contributed by atoms with Crippen molar-refractivity contribution in [3.05, 3.63) is 24.3 Å². The Bertz CT molecular complexity index is 717. The molecule has 2 N–H and O–H groups in total. The average molecular weight is 375 g/mol. The largest absolute Gasteiger partial charge is 0.455 e. The molecule has 1 fully saturated rings. The molecule has 1 saturated carbocycles. The molecule has 8 heteroatoms. The molecule has 1 aliphatic carbocycles. The summed E-state index contributed by atoms with van der Waals surface area (Å²) in [6.45, 7) is 4.95. The zero-order chi connectivity index (χ0) is 20.0. The van der Waals surface area contributed by atoms with Gasteiger partial charge in [0.2, 0.25) is 11.8 Å². The molecule has 0 radical (unpaired) electrons. The monoisotopic (exact) mass is 375 g/mol. The maximum atomic E-state index is 12.2. The van der Waals surface area contributed by atoms with E-state index in [0.717, 1.165) is 6.42 Å². The van der Waals surface area contributed by atoms with Gasteiger partial charge in [-0.15, -0.1) is 0 Å². The molecule has 0 spiro atoms. The van der Waals surface area contributed by atoms with E-state index >= 15 is 0 Å². The first-order chi connectivity index (χ1) is 12.8. The summed E-state index contributed by atoms with van der Waals surface area (Å²) in [4.78, 5) is 48.3. The third-order valence-corrected chi connectivity index (χ3v) is 4.31. The van der Waals surface area contributed by atoms with E-state index in [4.69, 9.17) is 4.74 Å². The molecule has 0 bridgehead atoms. The number of carbonyl (C=O) groups is 4. The number of nitrogens with zero attached hydrogens (tertiary/aromatic N) is 1. The van der Waals surface area contributed by atoms with Crippen LogP contribution in [-0.4, -0.2) is 48.3 Å². The Balaban J connectivity index is 1.80. The molecule has 1 aromatic rings.